The Bertz CT molecular complexity index is 544. The van der Waals surface area contributed by atoms with Crippen LogP contribution in [0.5, 0.6) is 0 Å². The van der Waals surface area contributed by atoms with E-state index >= 15 is 0 Å². The molecule has 0 aromatic carbocycles. The number of aromatic nitrogens is 1. The van der Waals surface area contributed by atoms with Crippen LogP contribution in [-0.2, 0) is 11.3 Å². The standard InChI is InChI=1S/C15H20N2O2S/c1-2-3-7-19-8-6-17-10-13(12-4-5-12)9-14(15(17)18)20-11-16/h9-10,12H,2-8H2,1H3. The molecule has 0 atom stereocenters. The fourth-order valence-electron chi connectivity index (χ4n) is 2.07. The third-order valence-corrected chi connectivity index (χ3v) is 4.00. The largest absolute Gasteiger partial charge is 0.380 e. The summed E-state index contributed by atoms with van der Waals surface area (Å²) in [5.41, 5.74) is 1.09. The van der Waals surface area contributed by atoms with E-state index in [1.807, 2.05) is 17.7 Å². The summed E-state index contributed by atoms with van der Waals surface area (Å²) in [6.07, 6.45) is 6.46. The Morgan fingerprint density at radius 3 is 2.95 bits per heavy atom. The molecular weight excluding hydrogens is 272 g/mol. The molecule has 1 aromatic heterocycles. The zero-order chi connectivity index (χ0) is 14.4. The summed E-state index contributed by atoms with van der Waals surface area (Å²) >= 11 is 0.954. The molecule has 1 aromatic rings. The van der Waals surface area contributed by atoms with E-state index < -0.39 is 0 Å². The molecule has 1 heterocycles. The minimum Gasteiger partial charge on any atom is -0.380 e. The minimum absolute atomic E-state index is 0.0833. The van der Waals surface area contributed by atoms with Gasteiger partial charge >= 0.3 is 0 Å². The Morgan fingerprint density at radius 2 is 2.30 bits per heavy atom. The normalized spacial score (nSPS) is 14.2. The maximum absolute atomic E-state index is 12.2. The van der Waals surface area contributed by atoms with Gasteiger partial charge in [-0.3, -0.25) is 4.79 Å². The monoisotopic (exact) mass is 292 g/mol. The molecule has 2 rings (SSSR count). The number of thiocyanates is 1. The number of nitriles is 1. The first kappa shape index (κ1) is 15.1. The highest BCUT2D eigenvalue weighted by molar-refractivity contribution is 8.03. The van der Waals surface area contributed by atoms with E-state index in [4.69, 9.17) is 10.00 Å². The average Bonchev–Trinajstić information content (AvgIpc) is 3.27. The first-order chi connectivity index (χ1) is 9.76. The second kappa shape index (κ2) is 7.51. The van der Waals surface area contributed by atoms with Gasteiger partial charge in [0.1, 0.15) is 5.40 Å². The second-order valence-corrected chi connectivity index (χ2v) is 5.90. The molecule has 0 amide bonds. The van der Waals surface area contributed by atoms with Crippen LogP contribution in [0.2, 0.25) is 0 Å². The molecule has 20 heavy (non-hydrogen) atoms. The number of thioether (sulfide) groups is 1. The maximum atomic E-state index is 12.2. The molecule has 1 saturated carbocycles. The Balaban J connectivity index is 2.06. The van der Waals surface area contributed by atoms with Gasteiger partial charge in [0.15, 0.2) is 0 Å². The second-order valence-electron chi connectivity index (χ2n) is 5.07. The van der Waals surface area contributed by atoms with Gasteiger partial charge in [0.25, 0.3) is 5.56 Å². The van der Waals surface area contributed by atoms with E-state index in [0.717, 1.165) is 31.2 Å². The van der Waals surface area contributed by atoms with Crippen LogP contribution in [0, 0.1) is 10.7 Å². The number of hydrogen-bond donors (Lipinski definition) is 0. The van der Waals surface area contributed by atoms with E-state index in [1.165, 1.54) is 18.4 Å². The molecule has 1 fully saturated rings. The molecule has 0 bridgehead atoms. The summed E-state index contributed by atoms with van der Waals surface area (Å²) in [4.78, 5) is 12.7. The van der Waals surface area contributed by atoms with Crippen molar-refractivity contribution in [2.24, 2.45) is 0 Å². The van der Waals surface area contributed by atoms with Crippen LogP contribution in [0.3, 0.4) is 0 Å². The van der Waals surface area contributed by atoms with Gasteiger partial charge in [-0.2, -0.15) is 5.26 Å². The number of hydrogen-bond acceptors (Lipinski definition) is 4. The Morgan fingerprint density at radius 1 is 1.50 bits per heavy atom. The fourth-order valence-corrected chi connectivity index (χ4v) is 2.57. The summed E-state index contributed by atoms with van der Waals surface area (Å²) in [5.74, 6) is 0.570. The van der Waals surface area contributed by atoms with Crippen LogP contribution in [0.25, 0.3) is 0 Å². The third kappa shape index (κ3) is 4.12. The lowest BCUT2D eigenvalue weighted by Crippen LogP contribution is -2.24. The Kier molecular flexibility index (Phi) is 5.69. The van der Waals surface area contributed by atoms with Crippen LogP contribution < -0.4 is 5.56 Å². The van der Waals surface area contributed by atoms with Crippen molar-refractivity contribution in [3.63, 3.8) is 0 Å². The number of nitrogens with zero attached hydrogens (tertiary/aromatic N) is 2. The third-order valence-electron chi connectivity index (χ3n) is 3.40. The molecule has 0 saturated heterocycles. The van der Waals surface area contributed by atoms with Crippen LogP contribution in [0.15, 0.2) is 22.0 Å². The number of unbranched alkanes of at least 4 members (excludes halogenated alkanes) is 1. The molecule has 0 aliphatic heterocycles. The van der Waals surface area contributed by atoms with Gasteiger partial charge in [0.05, 0.1) is 11.5 Å². The highest BCUT2D eigenvalue weighted by Gasteiger charge is 2.25. The molecule has 0 N–H and O–H groups in total. The highest BCUT2D eigenvalue weighted by Crippen LogP contribution is 2.40. The van der Waals surface area contributed by atoms with E-state index in [9.17, 15) is 4.79 Å². The van der Waals surface area contributed by atoms with Crippen LogP contribution in [-0.4, -0.2) is 17.8 Å². The molecule has 108 valence electrons. The molecule has 0 spiro atoms. The van der Waals surface area contributed by atoms with Crippen molar-refractivity contribution in [1.29, 1.82) is 5.26 Å². The van der Waals surface area contributed by atoms with Crippen LogP contribution in [0.1, 0.15) is 44.1 Å². The fraction of sp³-hybridized carbons (Fsp3) is 0.600. The van der Waals surface area contributed by atoms with Gasteiger partial charge in [0.2, 0.25) is 0 Å². The zero-order valence-corrected chi connectivity index (χ0v) is 12.6. The number of pyridine rings is 1. The lowest BCUT2D eigenvalue weighted by atomic mass is 10.2. The van der Waals surface area contributed by atoms with Crippen molar-refractivity contribution in [2.75, 3.05) is 13.2 Å². The summed E-state index contributed by atoms with van der Waals surface area (Å²) in [5, 5.41) is 10.8. The maximum Gasteiger partial charge on any atom is 0.265 e. The van der Waals surface area contributed by atoms with Gasteiger partial charge in [-0.1, -0.05) is 13.3 Å². The predicted molar refractivity (Wildman–Crippen MR) is 79.9 cm³/mol. The molecule has 0 radical (unpaired) electrons. The molecule has 0 unspecified atom stereocenters. The number of rotatable bonds is 8. The van der Waals surface area contributed by atoms with Gasteiger partial charge in [-0.25, -0.2) is 0 Å². The number of ether oxygens (including phenoxy) is 1. The zero-order valence-electron chi connectivity index (χ0n) is 11.8. The van der Waals surface area contributed by atoms with Crippen molar-refractivity contribution >= 4 is 11.8 Å². The molecule has 1 aliphatic carbocycles. The predicted octanol–water partition coefficient (Wildman–Crippen LogP) is 3.12. The lowest BCUT2D eigenvalue weighted by molar-refractivity contribution is 0.122. The van der Waals surface area contributed by atoms with Crippen molar-refractivity contribution in [2.45, 2.75) is 50.0 Å². The summed E-state index contributed by atoms with van der Waals surface area (Å²) in [6.45, 7) is 3.97. The van der Waals surface area contributed by atoms with Gasteiger partial charge in [0, 0.05) is 19.3 Å². The van der Waals surface area contributed by atoms with Gasteiger partial charge in [-0.05, 0) is 48.6 Å². The Hall–Kier alpha value is -1.25. The minimum atomic E-state index is -0.0833. The first-order valence-corrected chi connectivity index (χ1v) is 7.96. The first-order valence-electron chi connectivity index (χ1n) is 7.14. The smallest absolute Gasteiger partial charge is 0.265 e. The summed E-state index contributed by atoms with van der Waals surface area (Å²) in [6, 6.07) is 1.88. The lowest BCUT2D eigenvalue weighted by Gasteiger charge is -2.10. The van der Waals surface area contributed by atoms with E-state index in [-0.39, 0.29) is 5.56 Å². The topological polar surface area (TPSA) is 55.0 Å². The van der Waals surface area contributed by atoms with E-state index in [1.54, 1.807) is 4.57 Å². The SMILES string of the molecule is CCCCOCCn1cc(C2CC2)cc(SC#N)c1=O. The molecule has 1 aliphatic rings. The summed E-state index contributed by atoms with van der Waals surface area (Å²) < 4.78 is 7.21. The van der Waals surface area contributed by atoms with Crippen molar-refractivity contribution in [1.82, 2.24) is 4.57 Å². The molecule has 4 nitrogen and oxygen atoms in total. The van der Waals surface area contributed by atoms with E-state index in [2.05, 4.69) is 6.92 Å². The van der Waals surface area contributed by atoms with Crippen LogP contribution >= 0.6 is 11.8 Å². The molecular formula is C15H20N2O2S. The van der Waals surface area contributed by atoms with E-state index in [0.29, 0.717) is 24.0 Å². The van der Waals surface area contributed by atoms with Gasteiger partial charge in [-0.15, -0.1) is 0 Å². The van der Waals surface area contributed by atoms with Crippen molar-refractivity contribution in [3.05, 3.63) is 28.2 Å². The highest BCUT2D eigenvalue weighted by atomic mass is 32.2. The Labute approximate surface area is 123 Å². The van der Waals surface area contributed by atoms with Gasteiger partial charge < -0.3 is 9.30 Å². The average molecular weight is 292 g/mol. The molecule has 5 heteroatoms. The summed E-state index contributed by atoms with van der Waals surface area (Å²) in [7, 11) is 0. The van der Waals surface area contributed by atoms with Crippen molar-refractivity contribution in [3.8, 4) is 5.40 Å². The van der Waals surface area contributed by atoms with Crippen molar-refractivity contribution < 1.29 is 4.74 Å². The van der Waals surface area contributed by atoms with Crippen LogP contribution in [0.4, 0.5) is 0 Å². The quantitative estimate of drug-likeness (QED) is 0.420.